The van der Waals surface area contributed by atoms with E-state index in [1.165, 1.54) is 5.56 Å². The van der Waals surface area contributed by atoms with E-state index < -0.39 is 0 Å². The Morgan fingerprint density at radius 2 is 2.09 bits per heavy atom. The van der Waals surface area contributed by atoms with Crippen molar-refractivity contribution in [3.63, 3.8) is 0 Å². The van der Waals surface area contributed by atoms with Crippen LogP contribution in [0.3, 0.4) is 0 Å². The number of rotatable bonds is 4. The Morgan fingerprint density at radius 1 is 1.30 bits per heavy atom. The van der Waals surface area contributed by atoms with Crippen LogP contribution in [0.25, 0.3) is 0 Å². The predicted octanol–water partition coefficient (Wildman–Crippen LogP) is 2.83. The molecule has 1 unspecified atom stereocenters. The molecule has 1 fully saturated rings. The van der Waals surface area contributed by atoms with Gasteiger partial charge >= 0.3 is 0 Å². The van der Waals surface area contributed by atoms with Crippen molar-refractivity contribution in [3.8, 4) is 0 Å². The maximum atomic E-state index is 6.40. The van der Waals surface area contributed by atoms with Gasteiger partial charge in [-0.2, -0.15) is 0 Å². The zero-order chi connectivity index (χ0) is 15.5. The lowest BCUT2D eigenvalue weighted by Gasteiger charge is -2.36. The highest BCUT2D eigenvalue weighted by molar-refractivity contribution is 6.31. The minimum atomic E-state index is 0. The van der Waals surface area contributed by atoms with Gasteiger partial charge in [-0.25, -0.2) is 0 Å². The zero-order valence-electron chi connectivity index (χ0n) is 13.5. The van der Waals surface area contributed by atoms with Gasteiger partial charge in [0.05, 0.1) is 6.54 Å². The molecule has 5 nitrogen and oxygen atoms in total. The summed E-state index contributed by atoms with van der Waals surface area (Å²) in [5.74, 6) is 2.00. The van der Waals surface area contributed by atoms with Gasteiger partial charge in [-0.15, -0.1) is 22.6 Å². The van der Waals surface area contributed by atoms with E-state index in [9.17, 15) is 0 Å². The molecule has 23 heavy (non-hydrogen) atoms. The van der Waals surface area contributed by atoms with Crippen molar-refractivity contribution in [2.24, 2.45) is 0 Å². The smallest absolute Gasteiger partial charge is 0.147 e. The van der Waals surface area contributed by atoms with Gasteiger partial charge in [0.15, 0.2) is 0 Å². The summed E-state index contributed by atoms with van der Waals surface area (Å²) in [5, 5.41) is 12.9. The van der Waals surface area contributed by atoms with Crippen molar-refractivity contribution in [3.05, 3.63) is 46.5 Å². The van der Waals surface area contributed by atoms with Gasteiger partial charge in [-0.1, -0.05) is 29.8 Å². The number of nitrogens with one attached hydrogen (secondary N) is 1. The van der Waals surface area contributed by atoms with Crippen molar-refractivity contribution in [1.29, 1.82) is 0 Å². The van der Waals surface area contributed by atoms with Crippen LogP contribution in [-0.4, -0.2) is 39.3 Å². The highest BCUT2D eigenvalue weighted by atomic mass is 35.5. The summed E-state index contributed by atoms with van der Waals surface area (Å²) in [6, 6.07) is 8.37. The van der Waals surface area contributed by atoms with Crippen LogP contribution in [0.1, 0.15) is 30.2 Å². The number of benzene rings is 1. The molecule has 0 amide bonds. The Balaban J connectivity index is 0.00000192. The second kappa shape index (κ2) is 8.11. The number of nitrogens with zero attached hydrogens (tertiary/aromatic N) is 4. The van der Waals surface area contributed by atoms with Crippen LogP contribution < -0.4 is 5.32 Å². The van der Waals surface area contributed by atoms with Crippen molar-refractivity contribution in [1.82, 2.24) is 25.0 Å². The van der Waals surface area contributed by atoms with Crippen LogP contribution in [0.2, 0.25) is 5.02 Å². The monoisotopic (exact) mass is 355 g/mol. The van der Waals surface area contributed by atoms with Crippen molar-refractivity contribution in [2.45, 2.75) is 33.0 Å². The van der Waals surface area contributed by atoms with E-state index in [0.717, 1.165) is 49.4 Å². The molecule has 7 heteroatoms. The average molecular weight is 356 g/mol. The van der Waals surface area contributed by atoms with Crippen molar-refractivity contribution < 1.29 is 0 Å². The molecule has 0 bridgehead atoms. The molecule has 0 spiro atoms. The maximum absolute atomic E-state index is 6.40. The number of hydrogen-bond donors (Lipinski definition) is 1. The molecular formula is C16H23Cl2N5. The van der Waals surface area contributed by atoms with E-state index in [4.69, 9.17) is 11.6 Å². The molecule has 0 saturated carbocycles. The summed E-state index contributed by atoms with van der Waals surface area (Å²) in [5.41, 5.74) is 1.18. The molecular weight excluding hydrogens is 333 g/mol. The van der Waals surface area contributed by atoms with Gasteiger partial charge in [-0.05, 0) is 25.5 Å². The Bertz CT molecular complexity index is 643. The third-order valence-electron chi connectivity index (χ3n) is 4.29. The molecule has 1 saturated heterocycles. The van der Waals surface area contributed by atoms with Crippen LogP contribution in [0, 0.1) is 6.92 Å². The van der Waals surface area contributed by atoms with E-state index in [-0.39, 0.29) is 18.4 Å². The molecule has 1 atom stereocenters. The molecule has 0 aliphatic carbocycles. The van der Waals surface area contributed by atoms with Crippen LogP contribution in [0.15, 0.2) is 24.3 Å². The average Bonchev–Trinajstić information content (AvgIpc) is 2.88. The summed E-state index contributed by atoms with van der Waals surface area (Å²) < 4.78 is 2.17. The first-order valence-electron chi connectivity index (χ1n) is 7.78. The minimum absolute atomic E-state index is 0. The van der Waals surface area contributed by atoms with Crippen LogP contribution in [-0.2, 0) is 13.1 Å². The predicted molar refractivity (Wildman–Crippen MR) is 95.2 cm³/mol. The lowest BCUT2D eigenvalue weighted by Crippen LogP contribution is -2.46. The first-order valence-corrected chi connectivity index (χ1v) is 8.16. The fourth-order valence-corrected chi connectivity index (χ4v) is 3.38. The van der Waals surface area contributed by atoms with E-state index in [0.29, 0.717) is 0 Å². The SMILES string of the molecule is CCn1c(C)nnc1CN1CCNCC1c1ccccc1Cl.Cl. The number of aryl methyl sites for hydroxylation is 1. The summed E-state index contributed by atoms with van der Waals surface area (Å²) >= 11 is 6.40. The summed E-state index contributed by atoms with van der Waals surface area (Å²) in [7, 11) is 0. The normalized spacial score (nSPS) is 18.7. The van der Waals surface area contributed by atoms with Gasteiger partial charge in [-0.3, -0.25) is 4.90 Å². The fraction of sp³-hybridized carbons (Fsp3) is 0.500. The number of piperazine rings is 1. The van der Waals surface area contributed by atoms with Gasteiger partial charge in [0.25, 0.3) is 0 Å². The van der Waals surface area contributed by atoms with Crippen LogP contribution >= 0.6 is 24.0 Å². The lowest BCUT2D eigenvalue weighted by atomic mass is 10.0. The topological polar surface area (TPSA) is 46.0 Å². The molecule has 1 aromatic carbocycles. The standard InChI is InChI=1S/C16H22ClN5.ClH/c1-3-22-12(2)19-20-16(22)11-21-9-8-18-10-15(21)13-6-4-5-7-14(13)17;/h4-7,15,18H,3,8-11H2,1-2H3;1H. The molecule has 2 aromatic rings. The second-order valence-electron chi connectivity index (χ2n) is 5.62. The molecule has 3 rings (SSSR count). The van der Waals surface area contributed by atoms with Gasteiger partial charge in [0.1, 0.15) is 11.6 Å². The number of halogens is 2. The third-order valence-corrected chi connectivity index (χ3v) is 4.64. The Hall–Kier alpha value is -1.14. The molecule has 1 aliphatic heterocycles. The Labute approximate surface area is 148 Å². The third kappa shape index (κ3) is 3.86. The van der Waals surface area contributed by atoms with Gasteiger partial charge < -0.3 is 9.88 Å². The molecule has 1 aliphatic rings. The first-order chi connectivity index (χ1) is 10.7. The van der Waals surface area contributed by atoms with Crippen molar-refractivity contribution in [2.75, 3.05) is 19.6 Å². The molecule has 0 radical (unpaired) electrons. The van der Waals surface area contributed by atoms with Crippen LogP contribution in [0.5, 0.6) is 0 Å². The van der Waals surface area contributed by atoms with Crippen LogP contribution in [0.4, 0.5) is 0 Å². The lowest BCUT2D eigenvalue weighted by molar-refractivity contribution is 0.148. The summed E-state index contributed by atoms with van der Waals surface area (Å²) in [6.07, 6.45) is 0. The fourth-order valence-electron chi connectivity index (χ4n) is 3.12. The molecule has 1 aromatic heterocycles. The largest absolute Gasteiger partial charge is 0.314 e. The molecule has 1 N–H and O–H groups in total. The van der Waals surface area contributed by atoms with Gasteiger partial charge in [0, 0.05) is 37.2 Å². The van der Waals surface area contributed by atoms with Crippen molar-refractivity contribution >= 4 is 24.0 Å². The molecule has 2 heterocycles. The van der Waals surface area contributed by atoms with Gasteiger partial charge in [0.2, 0.25) is 0 Å². The zero-order valence-corrected chi connectivity index (χ0v) is 15.1. The van der Waals surface area contributed by atoms with E-state index in [2.05, 4.69) is 38.0 Å². The number of hydrogen-bond acceptors (Lipinski definition) is 4. The summed E-state index contributed by atoms with van der Waals surface area (Å²) in [4.78, 5) is 2.44. The van der Waals surface area contributed by atoms with E-state index in [1.807, 2.05) is 25.1 Å². The maximum Gasteiger partial charge on any atom is 0.147 e. The highest BCUT2D eigenvalue weighted by Gasteiger charge is 2.26. The van der Waals surface area contributed by atoms with E-state index >= 15 is 0 Å². The highest BCUT2D eigenvalue weighted by Crippen LogP contribution is 2.29. The van der Waals surface area contributed by atoms with E-state index in [1.54, 1.807) is 0 Å². The second-order valence-corrected chi connectivity index (χ2v) is 6.03. The Morgan fingerprint density at radius 3 is 2.83 bits per heavy atom. The summed E-state index contributed by atoms with van der Waals surface area (Å²) in [6.45, 7) is 8.70. The Kier molecular flexibility index (Phi) is 6.41. The minimum Gasteiger partial charge on any atom is -0.314 e. The first kappa shape index (κ1) is 18.2. The number of aromatic nitrogens is 3. The molecule has 126 valence electrons. The quantitative estimate of drug-likeness (QED) is 0.915.